The van der Waals surface area contributed by atoms with Crippen LogP contribution in [0.3, 0.4) is 0 Å². The Balaban J connectivity index is 2.29. The zero-order chi connectivity index (χ0) is 16.3. The smallest absolute Gasteiger partial charge is 0.358 e. The summed E-state index contributed by atoms with van der Waals surface area (Å²) in [6, 6.07) is 6.65. The summed E-state index contributed by atoms with van der Waals surface area (Å²) in [5.41, 5.74) is 1.52. The Bertz CT molecular complexity index is 704. The van der Waals surface area contributed by atoms with E-state index in [0.29, 0.717) is 22.7 Å². The van der Waals surface area contributed by atoms with Crippen molar-refractivity contribution in [3.05, 3.63) is 41.2 Å². The molecule has 22 heavy (non-hydrogen) atoms. The van der Waals surface area contributed by atoms with Gasteiger partial charge >= 0.3 is 5.97 Å². The lowest BCUT2D eigenvalue weighted by Crippen LogP contribution is -2.16. The monoisotopic (exact) mass is 303 g/mol. The van der Waals surface area contributed by atoms with Gasteiger partial charge in [0.2, 0.25) is 0 Å². The summed E-state index contributed by atoms with van der Waals surface area (Å²) in [4.78, 5) is 24.1. The number of hydrogen-bond acceptors (Lipinski definition) is 5. The number of amides is 1. The third-order valence-electron chi connectivity index (χ3n) is 3.19. The van der Waals surface area contributed by atoms with E-state index in [4.69, 9.17) is 9.47 Å². The van der Waals surface area contributed by atoms with Crippen molar-refractivity contribution in [2.75, 3.05) is 19.5 Å². The Hall–Kier alpha value is -2.83. The van der Waals surface area contributed by atoms with Crippen molar-refractivity contribution in [3.63, 3.8) is 0 Å². The van der Waals surface area contributed by atoms with Crippen LogP contribution in [0.5, 0.6) is 5.75 Å². The average molecular weight is 303 g/mol. The number of ether oxygens (including phenoxy) is 2. The number of hydrogen-bond donors (Lipinski definition) is 1. The van der Waals surface area contributed by atoms with Gasteiger partial charge in [0.15, 0.2) is 5.69 Å². The zero-order valence-electron chi connectivity index (χ0n) is 12.8. The molecule has 0 spiro atoms. The van der Waals surface area contributed by atoms with E-state index in [1.54, 1.807) is 45.3 Å². The van der Waals surface area contributed by atoms with Crippen molar-refractivity contribution in [2.24, 2.45) is 7.05 Å². The Kier molecular flexibility index (Phi) is 4.45. The lowest BCUT2D eigenvalue weighted by molar-refractivity contribution is 0.0589. The Morgan fingerprint density at radius 2 is 1.82 bits per heavy atom. The van der Waals surface area contributed by atoms with Gasteiger partial charge in [-0.05, 0) is 31.2 Å². The Morgan fingerprint density at radius 3 is 2.36 bits per heavy atom. The summed E-state index contributed by atoms with van der Waals surface area (Å²) < 4.78 is 11.1. The predicted molar refractivity (Wildman–Crippen MR) is 80.2 cm³/mol. The van der Waals surface area contributed by atoms with Crippen LogP contribution in [-0.4, -0.2) is 35.9 Å². The molecule has 0 bridgehead atoms. The maximum atomic E-state index is 12.3. The number of rotatable bonds is 4. The van der Waals surface area contributed by atoms with Crippen LogP contribution in [0.2, 0.25) is 0 Å². The minimum Gasteiger partial charge on any atom is -0.497 e. The first kappa shape index (κ1) is 15.6. The third kappa shape index (κ3) is 2.93. The van der Waals surface area contributed by atoms with Gasteiger partial charge in [-0.1, -0.05) is 0 Å². The average Bonchev–Trinajstić information content (AvgIpc) is 2.80. The van der Waals surface area contributed by atoms with E-state index in [2.05, 4.69) is 10.4 Å². The number of nitrogens with one attached hydrogen (secondary N) is 1. The molecule has 0 aliphatic heterocycles. The van der Waals surface area contributed by atoms with Gasteiger partial charge in [0.05, 0.1) is 25.6 Å². The highest BCUT2D eigenvalue weighted by molar-refractivity contribution is 6.08. The molecule has 7 heteroatoms. The highest BCUT2D eigenvalue weighted by Gasteiger charge is 2.22. The highest BCUT2D eigenvalue weighted by Crippen LogP contribution is 2.22. The lowest BCUT2D eigenvalue weighted by atomic mass is 10.2. The highest BCUT2D eigenvalue weighted by atomic mass is 16.5. The van der Waals surface area contributed by atoms with Crippen LogP contribution in [0.15, 0.2) is 24.3 Å². The molecule has 0 atom stereocenters. The summed E-state index contributed by atoms with van der Waals surface area (Å²) in [5.74, 6) is -0.249. The first-order valence-corrected chi connectivity index (χ1v) is 6.55. The molecule has 7 nitrogen and oxygen atoms in total. The van der Waals surface area contributed by atoms with Gasteiger partial charge in [0, 0.05) is 12.6 Å². The minimum atomic E-state index is -0.562. The molecule has 116 valence electrons. The number of anilines is 1. The molecule has 0 fully saturated rings. The van der Waals surface area contributed by atoms with Crippen molar-refractivity contribution in [3.8, 4) is 5.75 Å². The van der Waals surface area contributed by atoms with E-state index in [0.717, 1.165) is 0 Å². The summed E-state index contributed by atoms with van der Waals surface area (Å²) in [6.07, 6.45) is 0. The maximum Gasteiger partial charge on any atom is 0.358 e. The van der Waals surface area contributed by atoms with E-state index in [1.807, 2.05) is 0 Å². The van der Waals surface area contributed by atoms with Crippen molar-refractivity contribution >= 4 is 17.6 Å². The molecule has 1 heterocycles. The van der Waals surface area contributed by atoms with Crippen LogP contribution in [0.25, 0.3) is 0 Å². The van der Waals surface area contributed by atoms with Crippen molar-refractivity contribution < 1.29 is 19.1 Å². The third-order valence-corrected chi connectivity index (χ3v) is 3.19. The molecular formula is C15H17N3O4. The molecule has 2 aromatic rings. The minimum absolute atomic E-state index is 0.196. The fourth-order valence-corrected chi connectivity index (χ4v) is 2.07. The van der Waals surface area contributed by atoms with Gasteiger partial charge in [0.25, 0.3) is 5.91 Å². The molecule has 1 N–H and O–H groups in total. The fourth-order valence-electron chi connectivity index (χ4n) is 2.07. The van der Waals surface area contributed by atoms with Crippen LogP contribution in [-0.2, 0) is 11.8 Å². The number of aromatic nitrogens is 2. The topological polar surface area (TPSA) is 82.4 Å². The molecule has 1 aromatic carbocycles. The lowest BCUT2D eigenvalue weighted by Gasteiger charge is -2.08. The van der Waals surface area contributed by atoms with Gasteiger partial charge in [-0.2, -0.15) is 5.10 Å². The predicted octanol–water partition coefficient (Wildman–Crippen LogP) is 1.78. The summed E-state index contributed by atoms with van der Waals surface area (Å²) in [5, 5.41) is 6.84. The largest absolute Gasteiger partial charge is 0.497 e. The number of aryl methyl sites for hydroxylation is 2. The van der Waals surface area contributed by atoms with Crippen LogP contribution >= 0.6 is 0 Å². The van der Waals surface area contributed by atoms with Crippen molar-refractivity contribution in [1.29, 1.82) is 0 Å². The molecule has 0 saturated carbocycles. The molecule has 2 rings (SSSR count). The number of esters is 1. The van der Waals surface area contributed by atoms with Gasteiger partial charge in [-0.3, -0.25) is 9.48 Å². The van der Waals surface area contributed by atoms with E-state index in [1.165, 1.54) is 11.8 Å². The van der Waals surface area contributed by atoms with Gasteiger partial charge < -0.3 is 14.8 Å². The second kappa shape index (κ2) is 6.30. The molecule has 0 radical (unpaired) electrons. The maximum absolute atomic E-state index is 12.3. The van der Waals surface area contributed by atoms with Crippen molar-refractivity contribution in [2.45, 2.75) is 6.92 Å². The quantitative estimate of drug-likeness (QED) is 0.871. The number of methoxy groups -OCH3 is 2. The molecule has 0 aliphatic carbocycles. The second-order valence-corrected chi connectivity index (χ2v) is 4.61. The van der Waals surface area contributed by atoms with Crippen LogP contribution in [0, 0.1) is 6.92 Å². The standard InChI is InChI=1S/C15H17N3O4/c1-9-12(13(15(20)22-4)18(2)17-9)16-14(19)10-5-7-11(21-3)8-6-10/h5-8H,1-4H3,(H,16,19). The van der Waals surface area contributed by atoms with E-state index in [-0.39, 0.29) is 11.6 Å². The summed E-state index contributed by atoms with van der Waals surface area (Å²) in [7, 11) is 4.44. The SMILES string of the molecule is COC(=O)c1c(NC(=O)c2ccc(OC)cc2)c(C)nn1C. The number of nitrogens with zero attached hydrogens (tertiary/aromatic N) is 2. The molecule has 1 amide bonds. The van der Waals surface area contributed by atoms with E-state index in [9.17, 15) is 9.59 Å². The summed E-state index contributed by atoms with van der Waals surface area (Å²) in [6.45, 7) is 1.70. The first-order valence-electron chi connectivity index (χ1n) is 6.55. The Morgan fingerprint density at radius 1 is 1.18 bits per heavy atom. The Labute approximate surface area is 127 Å². The van der Waals surface area contributed by atoms with E-state index < -0.39 is 5.97 Å². The fraction of sp³-hybridized carbons (Fsp3) is 0.267. The first-order chi connectivity index (χ1) is 10.5. The van der Waals surface area contributed by atoms with Crippen LogP contribution < -0.4 is 10.1 Å². The van der Waals surface area contributed by atoms with Crippen LogP contribution in [0.1, 0.15) is 26.5 Å². The normalized spacial score (nSPS) is 10.2. The molecular weight excluding hydrogens is 286 g/mol. The molecule has 1 aromatic heterocycles. The second-order valence-electron chi connectivity index (χ2n) is 4.61. The van der Waals surface area contributed by atoms with Gasteiger partial charge in [0.1, 0.15) is 5.75 Å². The molecule has 0 aliphatic rings. The summed E-state index contributed by atoms with van der Waals surface area (Å²) >= 11 is 0. The van der Waals surface area contributed by atoms with Crippen LogP contribution in [0.4, 0.5) is 5.69 Å². The van der Waals surface area contributed by atoms with Gasteiger partial charge in [-0.15, -0.1) is 0 Å². The number of carbonyl (C=O) groups excluding carboxylic acids is 2. The number of carbonyl (C=O) groups is 2. The molecule has 0 saturated heterocycles. The molecule has 0 unspecified atom stereocenters. The van der Waals surface area contributed by atoms with E-state index >= 15 is 0 Å². The van der Waals surface area contributed by atoms with Crippen molar-refractivity contribution in [1.82, 2.24) is 9.78 Å². The number of benzene rings is 1. The zero-order valence-corrected chi connectivity index (χ0v) is 12.8. The van der Waals surface area contributed by atoms with Gasteiger partial charge in [-0.25, -0.2) is 4.79 Å².